The molecule has 164 valence electrons. The van der Waals surface area contributed by atoms with Crippen LogP contribution < -0.4 is 10.2 Å². The third kappa shape index (κ3) is 3.82. The summed E-state index contributed by atoms with van der Waals surface area (Å²) in [4.78, 5) is 41.4. The van der Waals surface area contributed by atoms with Crippen molar-refractivity contribution in [1.29, 1.82) is 0 Å². The minimum absolute atomic E-state index is 0.290. The van der Waals surface area contributed by atoms with Gasteiger partial charge in [0.2, 0.25) is 5.91 Å². The summed E-state index contributed by atoms with van der Waals surface area (Å²) in [5.74, 6) is -1.69. The first-order valence-electron chi connectivity index (χ1n) is 10.6. The van der Waals surface area contributed by atoms with Crippen molar-refractivity contribution in [2.45, 2.75) is 39.7 Å². The number of hydrogen-bond donors (Lipinski definition) is 1. The van der Waals surface area contributed by atoms with E-state index in [0.717, 1.165) is 11.1 Å². The van der Waals surface area contributed by atoms with E-state index in [1.165, 1.54) is 4.90 Å². The Bertz CT molecular complexity index is 1210. The number of amides is 2. The van der Waals surface area contributed by atoms with Crippen LogP contribution in [0.15, 0.2) is 48.5 Å². The number of benzene rings is 2. The lowest BCUT2D eigenvalue weighted by molar-refractivity contribution is -0.121. The van der Waals surface area contributed by atoms with Gasteiger partial charge in [-0.3, -0.25) is 24.0 Å². The highest BCUT2D eigenvalue weighted by atomic mass is 16.2. The molecule has 2 aromatic carbocycles. The molecule has 0 saturated carbocycles. The van der Waals surface area contributed by atoms with Gasteiger partial charge in [-0.2, -0.15) is 5.10 Å². The lowest BCUT2D eigenvalue weighted by atomic mass is 9.93. The Kier molecular flexibility index (Phi) is 5.65. The zero-order valence-corrected chi connectivity index (χ0v) is 18.7. The Morgan fingerprint density at radius 2 is 1.69 bits per heavy atom. The van der Waals surface area contributed by atoms with Gasteiger partial charge in [0.25, 0.3) is 11.7 Å². The van der Waals surface area contributed by atoms with Crippen molar-refractivity contribution in [2.24, 2.45) is 7.05 Å². The number of anilines is 2. The van der Waals surface area contributed by atoms with E-state index in [-0.39, 0.29) is 5.91 Å². The van der Waals surface area contributed by atoms with Crippen LogP contribution in [0.3, 0.4) is 0 Å². The Balaban J connectivity index is 1.70. The minimum Gasteiger partial charge on any atom is -0.324 e. The predicted octanol–water partition coefficient (Wildman–Crippen LogP) is 3.51. The van der Waals surface area contributed by atoms with Crippen LogP contribution in [0.2, 0.25) is 0 Å². The molecule has 3 aromatic rings. The highest BCUT2D eigenvalue weighted by Gasteiger charge is 2.39. The molecule has 32 heavy (non-hydrogen) atoms. The Labute approximate surface area is 187 Å². The third-order valence-corrected chi connectivity index (χ3v) is 6.02. The summed E-state index contributed by atoms with van der Waals surface area (Å²) in [7, 11) is 1.73. The SMILES string of the molecule is Cc1ccc(NC(=O)C2CCc3ccccc3N2C(=O)C(=O)c2c(C)nn(C)c2C)cc1. The molecule has 1 N–H and O–H groups in total. The van der Waals surface area contributed by atoms with E-state index in [9.17, 15) is 14.4 Å². The van der Waals surface area contributed by atoms with E-state index in [1.54, 1.807) is 31.6 Å². The van der Waals surface area contributed by atoms with E-state index in [0.29, 0.717) is 41.2 Å². The Hall–Kier alpha value is -3.74. The van der Waals surface area contributed by atoms with Crippen LogP contribution >= 0.6 is 0 Å². The van der Waals surface area contributed by atoms with Gasteiger partial charge in [-0.25, -0.2) is 0 Å². The summed E-state index contributed by atoms with van der Waals surface area (Å²) < 4.78 is 1.58. The molecule has 1 unspecified atom stereocenters. The van der Waals surface area contributed by atoms with Gasteiger partial charge in [0.15, 0.2) is 0 Å². The van der Waals surface area contributed by atoms with Crippen LogP contribution in [-0.4, -0.2) is 33.4 Å². The second-order valence-corrected chi connectivity index (χ2v) is 8.21. The van der Waals surface area contributed by atoms with E-state index in [2.05, 4.69) is 10.4 Å². The molecule has 0 bridgehead atoms. The van der Waals surface area contributed by atoms with E-state index in [1.807, 2.05) is 49.4 Å². The number of fused-ring (bicyclic) bond motifs is 1. The zero-order chi connectivity index (χ0) is 23.0. The summed E-state index contributed by atoms with van der Waals surface area (Å²) in [6.07, 6.45) is 1.07. The van der Waals surface area contributed by atoms with Gasteiger partial charge in [0, 0.05) is 24.1 Å². The van der Waals surface area contributed by atoms with Gasteiger partial charge in [0.05, 0.1) is 11.3 Å². The Morgan fingerprint density at radius 3 is 2.34 bits per heavy atom. The maximum atomic E-state index is 13.5. The van der Waals surface area contributed by atoms with Crippen LogP contribution in [0, 0.1) is 20.8 Å². The number of carbonyl (C=O) groups is 3. The molecular formula is C25H26N4O3. The van der Waals surface area contributed by atoms with Crippen molar-refractivity contribution in [3.8, 4) is 0 Å². The fourth-order valence-corrected chi connectivity index (χ4v) is 4.23. The van der Waals surface area contributed by atoms with Gasteiger partial charge < -0.3 is 5.32 Å². The third-order valence-electron chi connectivity index (χ3n) is 6.02. The van der Waals surface area contributed by atoms with E-state index < -0.39 is 17.7 Å². The number of carbonyl (C=O) groups excluding carboxylic acids is 3. The first-order valence-corrected chi connectivity index (χ1v) is 10.6. The summed E-state index contributed by atoms with van der Waals surface area (Å²) >= 11 is 0. The average Bonchev–Trinajstić information content (AvgIpc) is 3.04. The molecule has 0 fully saturated rings. The van der Waals surface area contributed by atoms with Crippen molar-refractivity contribution in [2.75, 3.05) is 10.2 Å². The standard InChI is InChI=1S/C25H26N4O3/c1-15-9-12-19(13-10-15)26-24(31)21-14-11-18-7-5-6-8-20(18)29(21)25(32)23(30)22-16(2)27-28(4)17(22)3/h5-10,12-13,21H,11,14H2,1-4H3,(H,26,31). The molecule has 0 radical (unpaired) electrons. The molecule has 2 heterocycles. The van der Waals surface area contributed by atoms with E-state index in [4.69, 9.17) is 0 Å². The summed E-state index contributed by atoms with van der Waals surface area (Å²) in [6.45, 7) is 5.43. The second-order valence-electron chi connectivity index (χ2n) is 8.21. The largest absolute Gasteiger partial charge is 0.324 e. The van der Waals surface area contributed by atoms with Gasteiger partial charge in [-0.05, 0) is 57.4 Å². The summed E-state index contributed by atoms with van der Waals surface area (Å²) in [5, 5.41) is 7.17. The van der Waals surface area contributed by atoms with Crippen molar-refractivity contribution in [1.82, 2.24) is 9.78 Å². The molecule has 4 rings (SSSR count). The number of para-hydroxylation sites is 1. The molecule has 1 atom stereocenters. The minimum atomic E-state index is -0.792. The fraction of sp³-hybridized carbons (Fsp3) is 0.280. The van der Waals surface area contributed by atoms with Crippen LogP contribution in [0.5, 0.6) is 0 Å². The van der Waals surface area contributed by atoms with Crippen molar-refractivity contribution < 1.29 is 14.4 Å². The molecule has 0 aliphatic carbocycles. The quantitative estimate of drug-likeness (QED) is 0.507. The molecular weight excluding hydrogens is 404 g/mol. The Morgan fingerprint density at radius 1 is 1.00 bits per heavy atom. The number of nitrogens with one attached hydrogen (secondary N) is 1. The summed E-state index contributed by atoms with van der Waals surface area (Å²) in [6, 6.07) is 14.1. The molecule has 7 heteroatoms. The molecule has 0 saturated heterocycles. The number of aromatic nitrogens is 2. The highest BCUT2D eigenvalue weighted by Crippen LogP contribution is 2.32. The van der Waals surface area contributed by atoms with Gasteiger partial charge in [-0.1, -0.05) is 35.9 Å². The van der Waals surface area contributed by atoms with Gasteiger partial charge >= 0.3 is 0 Å². The van der Waals surface area contributed by atoms with Crippen molar-refractivity contribution in [3.05, 3.63) is 76.6 Å². The van der Waals surface area contributed by atoms with Crippen LogP contribution in [0.1, 0.15) is 39.3 Å². The van der Waals surface area contributed by atoms with Gasteiger partial charge in [-0.15, -0.1) is 0 Å². The number of hydrogen-bond acceptors (Lipinski definition) is 4. The molecule has 1 aliphatic heterocycles. The molecule has 2 amide bonds. The number of ketones is 1. The lowest BCUT2D eigenvalue weighted by Crippen LogP contribution is -2.52. The first-order chi connectivity index (χ1) is 15.3. The molecule has 0 spiro atoms. The second kappa shape index (κ2) is 8.42. The van der Waals surface area contributed by atoms with Crippen molar-refractivity contribution in [3.63, 3.8) is 0 Å². The number of nitrogens with zero attached hydrogens (tertiary/aromatic N) is 3. The first kappa shape index (κ1) is 21.5. The van der Waals surface area contributed by atoms with Gasteiger partial charge in [0.1, 0.15) is 6.04 Å². The topological polar surface area (TPSA) is 84.3 Å². The maximum absolute atomic E-state index is 13.5. The maximum Gasteiger partial charge on any atom is 0.300 e. The molecule has 1 aliphatic rings. The zero-order valence-electron chi connectivity index (χ0n) is 18.7. The molecule has 7 nitrogen and oxygen atoms in total. The van der Waals surface area contributed by atoms with E-state index >= 15 is 0 Å². The normalized spacial score (nSPS) is 15.2. The molecule has 1 aromatic heterocycles. The fourth-order valence-electron chi connectivity index (χ4n) is 4.23. The number of rotatable bonds is 4. The summed E-state index contributed by atoms with van der Waals surface area (Å²) in [5.41, 5.74) is 4.67. The lowest BCUT2D eigenvalue weighted by Gasteiger charge is -2.35. The van der Waals surface area contributed by atoms with Crippen LogP contribution in [-0.2, 0) is 23.1 Å². The monoisotopic (exact) mass is 430 g/mol. The smallest absolute Gasteiger partial charge is 0.300 e. The predicted molar refractivity (Wildman–Crippen MR) is 123 cm³/mol. The number of Topliss-reactive ketones (excluding diaryl/α,β-unsaturated/α-hetero) is 1. The van der Waals surface area contributed by atoms with Crippen LogP contribution in [0.25, 0.3) is 0 Å². The average molecular weight is 431 g/mol. The number of aryl methyl sites for hydroxylation is 4. The van der Waals surface area contributed by atoms with Crippen LogP contribution in [0.4, 0.5) is 11.4 Å². The van der Waals surface area contributed by atoms with Crippen molar-refractivity contribution >= 4 is 29.0 Å². The highest BCUT2D eigenvalue weighted by molar-refractivity contribution is 6.48.